The SMILES string of the molecule is Cl.O=C(O)C1CCC(N2CCN(c3ccc(C45CCN(CC4)CC5)cc3)C2=O)CC1. The summed E-state index contributed by atoms with van der Waals surface area (Å²) in [5.74, 6) is -0.931. The first-order valence-corrected chi connectivity index (χ1v) is 11.2. The summed E-state index contributed by atoms with van der Waals surface area (Å²) in [6.07, 6.45) is 6.71. The molecule has 30 heavy (non-hydrogen) atoms. The summed E-state index contributed by atoms with van der Waals surface area (Å²) >= 11 is 0. The molecule has 0 unspecified atom stereocenters. The van der Waals surface area contributed by atoms with Crippen molar-refractivity contribution < 1.29 is 14.7 Å². The van der Waals surface area contributed by atoms with E-state index in [1.807, 2.05) is 9.80 Å². The van der Waals surface area contributed by atoms with Crippen LogP contribution in [0.5, 0.6) is 0 Å². The Hall–Kier alpha value is -1.79. The summed E-state index contributed by atoms with van der Waals surface area (Å²) in [7, 11) is 0. The summed E-state index contributed by atoms with van der Waals surface area (Å²) in [6, 6.07) is 9.05. The zero-order chi connectivity index (χ0) is 20.0. The Morgan fingerprint density at radius 3 is 2.07 bits per heavy atom. The van der Waals surface area contributed by atoms with Gasteiger partial charge in [0, 0.05) is 24.8 Å². The smallest absolute Gasteiger partial charge is 0.324 e. The lowest BCUT2D eigenvalue weighted by Gasteiger charge is -2.49. The maximum Gasteiger partial charge on any atom is 0.324 e. The van der Waals surface area contributed by atoms with Gasteiger partial charge in [-0.3, -0.25) is 9.69 Å². The number of benzene rings is 1. The van der Waals surface area contributed by atoms with E-state index in [1.54, 1.807) is 0 Å². The lowest BCUT2D eigenvalue weighted by Crippen LogP contribution is -2.50. The van der Waals surface area contributed by atoms with E-state index >= 15 is 0 Å². The van der Waals surface area contributed by atoms with Crippen molar-refractivity contribution in [2.75, 3.05) is 37.6 Å². The number of carboxylic acids is 1. The number of rotatable bonds is 4. The van der Waals surface area contributed by atoms with Crippen LogP contribution in [0.2, 0.25) is 0 Å². The standard InChI is InChI=1S/C23H31N3O3.ClH/c27-21(28)17-1-5-19(6-2-17)25-15-16-26(22(25)29)20-7-3-18(4-8-20)23-9-12-24(13-10-23)14-11-23;/h3-4,7-8,17,19H,1-2,5-6,9-16H2,(H,27,28);1H. The van der Waals surface area contributed by atoms with Crippen LogP contribution in [-0.4, -0.2) is 65.7 Å². The van der Waals surface area contributed by atoms with E-state index in [1.165, 1.54) is 44.5 Å². The molecule has 7 heteroatoms. The Labute approximate surface area is 184 Å². The van der Waals surface area contributed by atoms with Crippen molar-refractivity contribution >= 4 is 30.1 Å². The van der Waals surface area contributed by atoms with Gasteiger partial charge in [0.1, 0.15) is 0 Å². The normalized spacial score (nSPS) is 33.5. The van der Waals surface area contributed by atoms with Crippen molar-refractivity contribution in [2.24, 2.45) is 5.92 Å². The van der Waals surface area contributed by atoms with E-state index in [4.69, 9.17) is 0 Å². The number of aliphatic carboxylic acids is 1. The number of hydrogen-bond donors (Lipinski definition) is 1. The van der Waals surface area contributed by atoms with E-state index in [0.29, 0.717) is 18.3 Å². The summed E-state index contributed by atoms with van der Waals surface area (Å²) < 4.78 is 0. The highest BCUT2D eigenvalue weighted by Gasteiger charge is 2.41. The van der Waals surface area contributed by atoms with E-state index in [-0.39, 0.29) is 30.4 Å². The second-order valence-electron chi connectivity index (χ2n) is 9.39. The first-order chi connectivity index (χ1) is 14.1. The molecule has 4 heterocycles. The van der Waals surface area contributed by atoms with Gasteiger partial charge in [-0.1, -0.05) is 12.1 Å². The fourth-order valence-corrected chi connectivity index (χ4v) is 6.02. The zero-order valence-electron chi connectivity index (χ0n) is 17.5. The fraction of sp³-hybridized carbons (Fsp3) is 0.652. The van der Waals surface area contributed by atoms with Gasteiger partial charge in [0.25, 0.3) is 0 Å². The number of halogens is 1. The topological polar surface area (TPSA) is 64.1 Å². The molecule has 1 saturated carbocycles. The minimum absolute atomic E-state index is 0. The first-order valence-electron chi connectivity index (χ1n) is 11.2. The number of anilines is 1. The summed E-state index contributed by atoms with van der Waals surface area (Å²) in [5.41, 5.74) is 2.78. The van der Waals surface area contributed by atoms with Crippen LogP contribution in [-0.2, 0) is 10.2 Å². The number of urea groups is 1. The van der Waals surface area contributed by atoms with Gasteiger partial charge in [0.15, 0.2) is 0 Å². The molecule has 2 amide bonds. The van der Waals surface area contributed by atoms with Crippen LogP contribution in [0.3, 0.4) is 0 Å². The highest BCUT2D eigenvalue weighted by atomic mass is 35.5. The number of hydrogen-bond acceptors (Lipinski definition) is 3. The fourth-order valence-electron chi connectivity index (χ4n) is 6.02. The van der Waals surface area contributed by atoms with Gasteiger partial charge in [-0.25, -0.2) is 4.79 Å². The van der Waals surface area contributed by atoms with Crippen LogP contribution >= 0.6 is 12.4 Å². The third-order valence-electron chi connectivity index (χ3n) is 8.04. The Morgan fingerprint density at radius 1 is 0.900 bits per heavy atom. The van der Waals surface area contributed by atoms with Gasteiger partial charge < -0.3 is 14.9 Å². The molecule has 1 aromatic rings. The highest BCUT2D eigenvalue weighted by molar-refractivity contribution is 5.94. The molecule has 4 aliphatic heterocycles. The van der Waals surface area contributed by atoms with Crippen LogP contribution in [0.1, 0.15) is 50.5 Å². The average Bonchev–Trinajstić information content (AvgIpc) is 3.16. The quantitative estimate of drug-likeness (QED) is 0.785. The molecule has 0 atom stereocenters. The Bertz CT molecular complexity index is 770. The molecular formula is C23H32ClN3O3. The summed E-state index contributed by atoms with van der Waals surface area (Å²) in [4.78, 5) is 30.7. The van der Waals surface area contributed by atoms with Gasteiger partial charge in [0.05, 0.1) is 5.92 Å². The molecule has 5 fully saturated rings. The van der Waals surface area contributed by atoms with E-state index < -0.39 is 5.97 Å². The van der Waals surface area contributed by atoms with Crippen LogP contribution in [0.15, 0.2) is 24.3 Å². The van der Waals surface area contributed by atoms with Gasteiger partial charge in [-0.05, 0) is 87.7 Å². The number of carbonyl (C=O) groups excluding carboxylic acids is 1. The molecule has 1 aromatic carbocycles. The Balaban J connectivity index is 0.00000218. The molecule has 2 bridgehead atoms. The molecule has 0 radical (unpaired) electrons. The van der Waals surface area contributed by atoms with Crippen molar-refractivity contribution in [2.45, 2.75) is 56.4 Å². The molecule has 0 aromatic heterocycles. The van der Waals surface area contributed by atoms with Gasteiger partial charge in [-0.2, -0.15) is 0 Å². The van der Waals surface area contributed by atoms with Gasteiger partial charge in [0.2, 0.25) is 0 Å². The minimum atomic E-state index is -0.693. The lowest BCUT2D eigenvalue weighted by molar-refractivity contribution is -0.143. The van der Waals surface area contributed by atoms with Crippen LogP contribution in [0, 0.1) is 5.92 Å². The van der Waals surface area contributed by atoms with Crippen LogP contribution in [0.4, 0.5) is 10.5 Å². The van der Waals surface area contributed by atoms with Crippen LogP contribution in [0.25, 0.3) is 0 Å². The zero-order valence-corrected chi connectivity index (χ0v) is 18.3. The molecular weight excluding hydrogens is 402 g/mol. The van der Waals surface area contributed by atoms with E-state index in [2.05, 4.69) is 29.2 Å². The molecule has 1 N–H and O–H groups in total. The summed E-state index contributed by atoms with van der Waals surface area (Å²) in [5, 5.41) is 9.20. The second-order valence-corrected chi connectivity index (χ2v) is 9.39. The third kappa shape index (κ3) is 3.69. The van der Waals surface area contributed by atoms with Crippen molar-refractivity contribution in [3.05, 3.63) is 29.8 Å². The minimum Gasteiger partial charge on any atom is -0.481 e. The Morgan fingerprint density at radius 2 is 1.50 bits per heavy atom. The third-order valence-corrected chi connectivity index (χ3v) is 8.04. The number of fused-ring (bicyclic) bond motifs is 3. The molecule has 5 aliphatic rings. The largest absolute Gasteiger partial charge is 0.481 e. The van der Waals surface area contributed by atoms with E-state index in [9.17, 15) is 14.7 Å². The molecule has 6 nitrogen and oxygen atoms in total. The molecule has 6 rings (SSSR count). The van der Waals surface area contributed by atoms with Gasteiger partial charge in [-0.15, -0.1) is 12.4 Å². The lowest BCUT2D eigenvalue weighted by atomic mass is 9.67. The molecule has 164 valence electrons. The number of nitrogens with zero attached hydrogens (tertiary/aromatic N) is 3. The number of amides is 2. The number of carboxylic acid groups (broad SMARTS) is 1. The van der Waals surface area contributed by atoms with Crippen LogP contribution < -0.4 is 4.90 Å². The average molecular weight is 434 g/mol. The highest BCUT2D eigenvalue weighted by Crippen LogP contribution is 2.43. The Kier molecular flexibility index (Phi) is 5.99. The molecule has 4 saturated heterocycles. The summed E-state index contributed by atoms with van der Waals surface area (Å²) in [6.45, 7) is 5.10. The number of carbonyl (C=O) groups is 2. The van der Waals surface area contributed by atoms with Gasteiger partial charge >= 0.3 is 12.0 Å². The van der Waals surface area contributed by atoms with Crippen molar-refractivity contribution in [3.63, 3.8) is 0 Å². The predicted molar refractivity (Wildman–Crippen MR) is 118 cm³/mol. The second kappa shape index (κ2) is 8.39. The van der Waals surface area contributed by atoms with Crippen molar-refractivity contribution in [1.29, 1.82) is 0 Å². The van der Waals surface area contributed by atoms with Crippen molar-refractivity contribution in [1.82, 2.24) is 9.80 Å². The monoisotopic (exact) mass is 433 g/mol. The molecule has 1 aliphatic carbocycles. The maximum absolute atomic E-state index is 13.1. The molecule has 0 spiro atoms. The van der Waals surface area contributed by atoms with Crippen molar-refractivity contribution in [3.8, 4) is 0 Å². The van der Waals surface area contributed by atoms with E-state index in [0.717, 1.165) is 31.6 Å². The predicted octanol–water partition coefficient (Wildman–Crippen LogP) is 3.73. The maximum atomic E-state index is 13.1. The number of piperidine rings is 3. The first kappa shape index (κ1) is 21.4.